The Bertz CT molecular complexity index is 2670. The van der Waals surface area contributed by atoms with E-state index in [1.165, 1.54) is 0 Å². The molecule has 10 rings (SSSR count). The number of hydrogen-bond donors (Lipinski definition) is 2. The Morgan fingerprint density at radius 3 is 0.974 bits per heavy atom. The zero-order chi connectivity index (χ0) is 53.4. The predicted molar refractivity (Wildman–Crippen MR) is 289 cm³/mol. The second-order valence-electron chi connectivity index (χ2n) is 19.3. The van der Waals surface area contributed by atoms with Crippen LogP contribution >= 0.6 is 0 Å². The summed E-state index contributed by atoms with van der Waals surface area (Å²) in [7, 11) is 0. The van der Waals surface area contributed by atoms with E-state index in [0.29, 0.717) is 97.4 Å². The topological polar surface area (TPSA) is 159 Å². The van der Waals surface area contributed by atoms with E-state index in [0.717, 1.165) is 22.3 Å². The molecule has 0 radical (unpaired) electrons. The molecule has 14 heteroatoms. The number of carbonyl (C=O) groups is 1. The number of hydrogen-bond acceptors (Lipinski definition) is 14. The van der Waals surface area contributed by atoms with Crippen LogP contribution in [0.5, 0.6) is 11.5 Å². The predicted octanol–water partition coefficient (Wildman–Crippen LogP) is 10.7. The van der Waals surface area contributed by atoms with Gasteiger partial charge in [0.1, 0.15) is 35.9 Å². The van der Waals surface area contributed by atoms with Gasteiger partial charge in [-0.3, -0.25) is 0 Å². The Kier molecular flexibility index (Phi) is 19.0. The summed E-state index contributed by atoms with van der Waals surface area (Å²) in [4.78, 5) is 14.4. The maximum absolute atomic E-state index is 14.4. The molecule has 7 aromatic rings. The van der Waals surface area contributed by atoms with E-state index in [1.54, 1.807) is 12.1 Å². The molecule has 4 atom stereocenters. The van der Waals surface area contributed by atoms with Crippen molar-refractivity contribution >= 4 is 5.97 Å². The lowest BCUT2D eigenvalue weighted by Crippen LogP contribution is -2.30. The van der Waals surface area contributed by atoms with Crippen molar-refractivity contribution in [2.45, 2.75) is 56.4 Å². The second kappa shape index (κ2) is 27.2. The van der Waals surface area contributed by atoms with Crippen molar-refractivity contribution in [3.63, 3.8) is 0 Å². The van der Waals surface area contributed by atoms with Gasteiger partial charge in [0.25, 0.3) is 0 Å². The molecular formula is C64H66O14. The highest BCUT2D eigenvalue weighted by atomic mass is 16.6. The molecule has 0 fully saturated rings. The van der Waals surface area contributed by atoms with Gasteiger partial charge in [-0.05, 0) is 52.6 Å². The molecule has 0 unspecified atom stereocenters. The molecule has 0 saturated carbocycles. The molecule has 0 saturated heterocycles. The smallest absolute Gasteiger partial charge is 0.340 e. The van der Waals surface area contributed by atoms with Crippen LogP contribution in [0.4, 0.5) is 0 Å². The fourth-order valence-electron chi connectivity index (χ4n) is 10.1. The molecule has 7 aromatic carbocycles. The first-order chi connectivity index (χ1) is 38.4. The Hall–Kier alpha value is -6.79. The lowest BCUT2D eigenvalue weighted by Gasteiger charge is -2.32. The standard InChI is InChI=1S/C64H66O14/c65-61-49-33-53(34-50(61)38-71-42-58(46-17-7-2-8-18-46)75-30-26-68-25-29-74-57(41-70-37-49)45-15-5-1-6-16-45)64(56-24-14-13-23-55(56)63(67)78-64)54-35-51-39-72-43-59(47-19-9-3-10-20-47)76-31-27-69-28-32-77-60(48-21-11-4-12-22-48)44-73-40-52(36-54)62(51)66/h1-24,33-36,57-60,65-66H,25-32,37-44H2/t57-,58-,59-,60-/m1/s1. The van der Waals surface area contributed by atoms with Crippen molar-refractivity contribution in [2.75, 3.05) is 79.3 Å². The number of aromatic hydroxyl groups is 2. The molecule has 3 heterocycles. The molecule has 406 valence electrons. The number of benzene rings is 7. The van der Waals surface area contributed by atoms with E-state index in [9.17, 15) is 15.0 Å². The van der Waals surface area contributed by atoms with Crippen LogP contribution in [0, 0.1) is 0 Å². The van der Waals surface area contributed by atoms with Gasteiger partial charge in [0, 0.05) is 38.9 Å². The minimum absolute atomic E-state index is 0.0409. The maximum Gasteiger partial charge on any atom is 0.340 e. The van der Waals surface area contributed by atoms with Crippen LogP contribution in [0.25, 0.3) is 0 Å². The van der Waals surface area contributed by atoms with E-state index in [4.69, 9.17) is 52.1 Å². The van der Waals surface area contributed by atoms with Gasteiger partial charge in [0.05, 0.1) is 111 Å². The summed E-state index contributed by atoms with van der Waals surface area (Å²) >= 11 is 0. The minimum Gasteiger partial charge on any atom is -0.507 e. The summed E-state index contributed by atoms with van der Waals surface area (Å²) in [5.74, 6) is -0.632. The van der Waals surface area contributed by atoms with Crippen molar-refractivity contribution in [3.05, 3.63) is 237 Å². The van der Waals surface area contributed by atoms with E-state index in [2.05, 4.69) is 0 Å². The van der Waals surface area contributed by atoms with Crippen molar-refractivity contribution in [1.82, 2.24) is 0 Å². The monoisotopic (exact) mass is 1060 g/mol. The molecule has 3 aliphatic rings. The Morgan fingerprint density at radius 1 is 0.359 bits per heavy atom. The second-order valence-corrected chi connectivity index (χ2v) is 19.3. The Balaban J connectivity index is 1.07. The molecule has 0 aromatic heterocycles. The SMILES string of the molecule is O=C1OC(c2cc3c(O)c(c2)COC[C@H](c2ccccc2)OCCOCCO[C@@H](c2ccccc2)COC3)(c2cc3c(O)c(c2)COC[C@H](c2ccccc2)OCCOCCO[C@@H](c2ccccc2)COC3)c2ccccc21. The number of cyclic esters (lactones) is 1. The van der Waals surface area contributed by atoms with Gasteiger partial charge in [-0.1, -0.05) is 140 Å². The summed E-state index contributed by atoms with van der Waals surface area (Å²) in [6, 6.07) is 53.8. The number of phenols is 2. The number of carbonyl (C=O) groups excluding carboxylic acids is 1. The van der Waals surface area contributed by atoms with Gasteiger partial charge in [0.15, 0.2) is 5.60 Å². The van der Waals surface area contributed by atoms with Gasteiger partial charge in [-0.15, -0.1) is 0 Å². The fraction of sp³-hybridized carbons (Fsp3) is 0.328. The van der Waals surface area contributed by atoms with E-state index in [1.807, 2.05) is 158 Å². The lowest BCUT2D eigenvalue weighted by molar-refractivity contribution is -0.0646. The highest BCUT2D eigenvalue weighted by Gasteiger charge is 2.49. The number of ether oxygens (including phenoxy) is 11. The molecule has 4 bridgehead atoms. The average molecular weight is 1060 g/mol. The van der Waals surface area contributed by atoms with Gasteiger partial charge in [0.2, 0.25) is 0 Å². The molecule has 78 heavy (non-hydrogen) atoms. The maximum atomic E-state index is 14.4. The third-order valence-corrected chi connectivity index (χ3v) is 14.1. The van der Waals surface area contributed by atoms with Crippen LogP contribution in [0.1, 0.15) is 96.0 Å². The first kappa shape index (κ1) is 54.6. The highest BCUT2D eigenvalue weighted by Crippen LogP contribution is 2.50. The normalized spacial score (nSPS) is 21.6. The zero-order valence-electron chi connectivity index (χ0n) is 43.6. The van der Waals surface area contributed by atoms with E-state index >= 15 is 0 Å². The summed E-state index contributed by atoms with van der Waals surface area (Å²) in [6.07, 6.45) is -1.82. The number of phenolic OH excluding ortho intramolecular Hbond substituents is 2. The van der Waals surface area contributed by atoms with Gasteiger partial charge >= 0.3 is 5.97 Å². The lowest BCUT2D eigenvalue weighted by atomic mass is 9.77. The summed E-state index contributed by atoms with van der Waals surface area (Å²) < 4.78 is 70.1. The first-order valence-electron chi connectivity index (χ1n) is 26.6. The van der Waals surface area contributed by atoms with Crippen LogP contribution in [0.15, 0.2) is 170 Å². The van der Waals surface area contributed by atoms with E-state index in [-0.39, 0.29) is 64.4 Å². The summed E-state index contributed by atoms with van der Waals surface area (Å²) in [5.41, 5.74) is 5.63. The van der Waals surface area contributed by atoms with Crippen LogP contribution < -0.4 is 0 Å². The quantitative estimate of drug-likeness (QED) is 0.152. The molecular weight excluding hydrogens is 993 g/mol. The first-order valence-corrected chi connectivity index (χ1v) is 26.6. The van der Waals surface area contributed by atoms with Crippen LogP contribution in [-0.2, 0) is 84.1 Å². The van der Waals surface area contributed by atoms with Gasteiger partial charge in [-0.2, -0.15) is 0 Å². The van der Waals surface area contributed by atoms with Crippen molar-refractivity contribution < 1.29 is 67.1 Å². The van der Waals surface area contributed by atoms with Gasteiger partial charge < -0.3 is 62.3 Å². The van der Waals surface area contributed by atoms with Crippen molar-refractivity contribution in [1.29, 1.82) is 0 Å². The summed E-state index contributed by atoms with van der Waals surface area (Å²) in [6.45, 7) is 2.97. The van der Waals surface area contributed by atoms with Crippen LogP contribution in [0.3, 0.4) is 0 Å². The summed E-state index contributed by atoms with van der Waals surface area (Å²) in [5, 5.41) is 24.6. The molecule has 0 amide bonds. The zero-order valence-corrected chi connectivity index (χ0v) is 43.6. The third kappa shape index (κ3) is 13.4. The molecule has 3 aliphatic heterocycles. The minimum atomic E-state index is -1.65. The van der Waals surface area contributed by atoms with E-state index < -0.39 is 36.0 Å². The molecule has 0 aliphatic carbocycles. The number of esters is 1. The van der Waals surface area contributed by atoms with Gasteiger partial charge in [-0.25, -0.2) is 4.79 Å². The largest absolute Gasteiger partial charge is 0.507 e. The Morgan fingerprint density at radius 2 is 0.654 bits per heavy atom. The Labute approximate surface area is 455 Å². The van der Waals surface area contributed by atoms with Crippen LogP contribution in [-0.4, -0.2) is 95.5 Å². The average Bonchev–Trinajstić information content (AvgIpc) is 3.94. The fourth-order valence-corrected chi connectivity index (χ4v) is 10.1. The number of rotatable bonds is 6. The highest BCUT2D eigenvalue weighted by molar-refractivity contribution is 5.96. The van der Waals surface area contributed by atoms with Crippen molar-refractivity contribution in [3.8, 4) is 11.5 Å². The number of fused-ring (bicyclic) bond motifs is 5. The molecule has 14 nitrogen and oxygen atoms in total. The van der Waals surface area contributed by atoms with Crippen LogP contribution in [0.2, 0.25) is 0 Å². The third-order valence-electron chi connectivity index (χ3n) is 14.1. The van der Waals surface area contributed by atoms with Crippen molar-refractivity contribution in [2.24, 2.45) is 0 Å². The molecule has 2 N–H and O–H groups in total. The molecule has 0 spiro atoms.